The third-order valence-corrected chi connectivity index (χ3v) is 5.93. The van der Waals surface area contributed by atoms with Gasteiger partial charge >= 0.3 is 19.9 Å². The number of hydrogen-bond donors (Lipinski definition) is 4. The highest BCUT2D eigenvalue weighted by molar-refractivity contribution is 7.46. The molecule has 0 heterocycles. The van der Waals surface area contributed by atoms with E-state index in [9.17, 15) is 19.3 Å². The van der Waals surface area contributed by atoms with Crippen molar-refractivity contribution in [2.75, 3.05) is 0 Å². The van der Waals surface area contributed by atoms with E-state index < -0.39 is 25.9 Å². The SMILES string of the molecule is O=C(NC(Cc1ccc(OP(=O)(O)O)cc1)C(=O)O)OCc1cccc2c1Cc1ccccc1-2. The van der Waals surface area contributed by atoms with Crippen molar-refractivity contribution in [3.63, 3.8) is 0 Å². The maximum Gasteiger partial charge on any atom is 0.524 e. The Morgan fingerprint density at radius 2 is 1.68 bits per heavy atom. The summed E-state index contributed by atoms with van der Waals surface area (Å²) in [7, 11) is -4.69. The Morgan fingerprint density at radius 3 is 2.38 bits per heavy atom. The summed E-state index contributed by atoms with van der Waals surface area (Å²) in [6.07, 6.45) is -0.176. The Balaban J connectivity index is 1.36. The fourth-order valence-corrected chi connectivity index (χ4v) is 4.34. The number of phosphoric ester groups is 1. The molecule has 1 atom stereocenters. The molecule has 0 saturated heterocycles. The lowest BCUT2D eigenvalue weighted by molar-refractivity contribution is -0.139. The molecule has 4 rings (SSSR count). The molecule has 9 nitrogen and oxygen atoms in total. The van der Waals surface area contributed by atoms with E-state index >= 15 is 0 Å². The zero-order chi connectivity index (χ0) is 24.3. The van der Waals surface area contributed by atoms with E-state index in [1.807, 2.05) is 30.3 Å². The summed E-state index contributed by atoms with van der Waals surface area (Å²) in [5.74, 6) is -1.31. The predicted octanol–water partition coefficient (Wildman–Crippen LogP) is 3.65. The van der Waals surface area contributed by atoms with Gasteiger partial charge in [0.05, 0.1) is 0 Å². The molecule has 176 valence electrons. The van der Waals surface area contributed by atoms with Gasteiger partial charge in [0.25, 0.3) is 0 Å². The average Bonchev–Trinajstić information content (AvgIpc) is 3.17. The van der Waals surface area contributed by atoms with E-state index in [1.54, 1.807) is 0 Å². The monoisotopic (exact) mass is 483 g/mol. The predicted molar refractivity (Wildman–Crippen MR) is 122 cm³/mol. The van der Waals surface area contributed by atoms with Crippen LogP contribution >= 0.6 is 7.82 Å². The molecular formula is C24H22NO8P. The van der Waals surface area contributed by atoms with Crippen LogP contribution in [0.3, 0.4) is 0 Å². The van der Waals surface area contributed by atoms with E-state index in [1.165, 1.54) is 29.8 Å². The number of hydrogen-bond acceptors (Lipinski definition) is 5. The number of rotatable bonds is 8. The largest absolute Gasteiger partial charge is 0.524 e. The first-order chi connectivity index (χ1) is 16.2. The van der Waals surface area contributed by atoms with Crippen molar-refractivity contribution in [2.45, 2.75) is 25.5 Å². The van der Waals surface area contributed by atoms with Gasteiger partial charge in [-0.2, -0.15) is 0 Å². The molecule has 3 aromatic rings. The Hall–Kier alpha value is -3.65. The smallest absolute Gasteiger partial charge is 0.480 e. The highest BCUT2D eigenvalue weighted by Gasteiger charge is 2.24. The number of carbonyl (C=O) groups excluding carboxylic acids is 1. The van der Waals surface area contributed by atoms with Crippen LogP contribution in [0.5, 0.6) is 5.75 Å². The number of phosphoric acid groups is 1. The minimum atomic E-state index is -4.69. The van der Waals surface area contributed by atoms with E-state index in [0.717, 1.165) is 28.7 Å². The molecule has 0 saturated carbocycles. The highest BCUT2D eigenvalue weighted by Crippen LogP contribution is 2.38. The molecule has 10 heteroatoms. The van der Waals surface area contributed by atoms with E-state index in [4.69, 9.17) is 14.5 Å². The second-order valence-corrected chi connectivity index (χ2v) is 8.98. The van der Waals surface area contributed by atoms with Crippen LogP contribution in [0.15, 0.2) is 66.7 Å². The molecule has 0 fully saturated rings. The summed E-state index contributed by atoms with van der Waals surface area (Å²) in [5.41, 5.74) is 5.93. The Labute approximate surface area is 195 Å². The van der Waals surface area contributed by atoms with E-state index in [2.05, 4.69) is 22.0 Å². The summed E-state index contributed by atoms with van der Waals surface area (Å²) in [5, 5.41) is 11.9. The molecule has 3 aromatic carbocycles. The summed E-state index contributed by atoms with van der Waals surface area (Å²) < 4.78 is 20.7. The lowest BCUT2D eigenvalue weighted by Crippen LogP contribution is -2.42. The maximum atomic E-state index is 12.3. The number of fused-ring (bicyclic) bond motifs is 3. The van der Waals surface area contributed by atoms with Crippen LogP contribution in [-0.4, -0.2) is 33.0 Å². The van der Waals surface area contributed by atoms with E-state index in [0.29, 0.717) is 5.56 Å². The zero-order valence-electron chi connectivity index (χ0n) is 17.9. The van der Waals surface area contributed by atoms with Gasteiger partial charge in [-0.25, -0.2) is 14.2 Å². The summed E-state index contributed by atoms with van der Waals surface area (Å²) in [6, 6.07) is 18.2. The van der Waals surface area contributed by atoms with Gasteiger partial charge in [-0.05, 0) is 51.9 Å². The average molecular weight is 483 g/mol. The molecule has 1 amide bonds. The number of carbonyl (C=O) groups is 2. The van der Waals surface area contributed by atoms with Gasteiger partial charge in [-0.15, -0.1) is 0 Å². The highest BCUT2D eigenvalue weighted by atomic mass is 31.2. The van der Waals surface area contributed by atoms with Gasteiger partial charge in [-0.3, -0.25) is 9.79 Å². The third-order valence-electron chi connectivity index (χ3n) is 5.48. The first-order valence-electron chi connectivity index (χ1n) is 10.4. The number of alkyl carbamates (subject to hydrolysis) is 1. The lowest BCUT2D eigenvalue weighted by Gasteiger charge is -2.16. The Kier molecular flexibility index (Phi) is 6.70. The number of carboxylic acid groups (broad SMARTS) is 1. The van der Waals surface area contributed by atoms with Crippen LogP contribution in [0.1, 0.15) is 22.3 Å². The number of carboxylic acids is 1. The molecule has 0 bridgehead atoms. The van der Waals surface area contributed by atoms with Crippen LogP contribution in [-0.2, 0) is 33.5 Å². The molecule has 0 spiro atoms. The van der Waals surface area contributed by atoms with Crippen LogP contribution < -0.4 is 9.84 Å². The summed E-state index contributed by atoms with van der Waals surface area (Å²) in [6.45, 7) is 0.00372. The van der Waals surface area contributed by atoms with Gasteiger partial charge in [0, 0.05) is 6.42 Å². The normalized spacial score (nSPS) is 12.9. The van der Waals surface area contributed by atoms with Crippen molar-refractivity contribution in [1.29, 1.82) is 0 Å². The van der Waals surface area contributed by atoms with E-state index in [-0.39, 0.29) is 18.8 Å². The van der Waals surface area contributed by atoms with Gasteiger partial charge < -0.3 is 19.7 Å². The molecule has 1 aliphatic carbocycles. The van der Waals surface area contributed by atoms with Crippen molar-refractivity contribution in [3.05, 3.63) is 89.0 Å². The second-order valence-electron chi connectivity index (χ2n) is 7.82. The minimum absolute atomic E-state index is 0.00372. The van der Waals surface area contributed by atoms with Gasteiger partial charge in [-0.1, -0.05) is 54.6 Å². The van der Waals surface area contributed by atoms with Crippen molar-refractivity contribution in [3.8, 4) is 16.9 Å². The van der Waals surface area contributed by atoms with Crippen LogP contribution in [0, 0.1) is 0 Å². The quantitative estimate of drug-likeness (QED) is 0.278. The molecule has 0 aliphatic heterocycles. The minimum Gasteiger partial charge on any atom is -0.480 e. The maximum absolute atomic E-state index is 12.3. The van der Waals surface area contributed by atoms with Crippen LogP contribution in [0.25, 0.3) is 11.1 Å². The number of ether oxygens (including phenoxy) is 1. The van der Waals surface area contributed by atoms with Crippen molar-refractivity contribution < 1.29 is 38.3 Å². The summed E-state index contributed by atoms with van der Waals surface area (Å²) in [4.78, 5) is 41.7. The topological polar surface area (TPSA) is 142 Å². The van der Waals surface area contributed by atoms with Crippen LogP contribution in [0.4, 0.5) is 4.79 Å². The van der Waals surface area contributed by atoms with Crippen molar-refractivity contribution in [2.24, 2.45) is 0 Å². The number of nitrogens with one attached hydrogen (secondary N) is 1. The van der Waals surface area contributed by atoms with Gasteiger partial charge in [0.2, 0.25) is 0 Å². The third kappa shape index (κ3) is 5.63. The molecule has 4 N–H and O–H groups in total. The Bertz CT molecular complexity index is 1270. The second kappa shape index (κ2) is 9.69. The molecule has 0 radical (unpaired) electrons. The summed E-state index contributed by atoms with van der Waals surface area (Å²) >= 11 is 0. The number of amides is 1. The molecule has 1 unspecified atom stereocenters. The van der Waals surface area contributed by atoms with Crippen molar-refractivity contribution >= 4 is 19.9 Å². The molecule has 0 aromatic heterocycles. The standard InChI is InChI=1S/C24H22NO8P/c26-23(27)22(12-15-8-10-18(11-9-15)33-34(29,30)31)25-24(28)32-14-17-5-3-7-20-19-6-2-1-4-16(19)13-21(17)20/h1-11,22H,12-14H2,(H,25,28)(H,26,27)(H2,29,30,31). The first kappa shape index (κ1) is 23.5. The number of aliphatic carboxylic acids is 1. The first-order valence-corrected chi connectivity index (χ1v) is 11.9. The molecule has 1 aliphatic rings. The van der Waals surface area contributed by atoms with Gasteiger partial charge in [0.1, 0.15) is 18.4 Å². The molecule has 34 heavy (non-hydrogen) atoms. The lowest BCUT2D eigenvalue weighted by atomic mass is 10.0. The van der Waals surface area contributed by atoms with Crippen molar-refractivity contribution in [1.82, 2.24) is 5.32 Å². The van der Waals surface area contributed by atoms with Gasteiger partial charge in [0.15, 0.2) is 0 Å². The van der Waals surface area contributed by atoms with Crippen LogP contribution in [0.2, 0.25) is 0 Å². The fraction of sp³-hybridized carbons (Fsp3) is 0.167. The fourth-order valence-electron chi connectivity index (χ4n) is 3.95. The molecular weight excluding hydrogens is 461 g/mol. The zero-order valence-corrected chi connectivity index (χ0v) is 18.8. The number of benzene rings is 3. The Morgan fingerprint density at radius 1 is 0.971 bits per heavy atom.